The van der Waals surface area contributed by atoms with E-state index in [9.17, 15) is 9.90 Å². The molecule has 24 heavy (non-hydrogen) atoms. The van der Waals surface area contributed by atoms with E-state index in [0.29, 0.717) is 17.9 Å². The van der Waals surface area contributed by atoms with Crippen LogP contribution in [0.3, 0.4) is 0 Å². The maximum Gasteiger partial charge on any atom is 0.255 e. The van der Waals surface area contributed by atoms with Crippen LogP contribution >= 0.6 is 11.3 Å². The van der Waals surface area contributed by atoms with Crippen molar-refractivity contribution in [3.63, 3.8) is 0 Å². The van der Waals surface area contributed by atoms with Gasteiger partial charge < -0.3 is 15.2 Å². The first-order chi connectivity index (χ1) is 11.7. The number of hydrogen-bond acceptors (Lipinski definition) is 4. The molecule has 0 spiro atoms. The van der Waals surface area contributed by atoms with Crippen molar-refractivity contribution < 1.29 is 14.6 Å². The number of hydrogen-bond donors (Lipinski definition) is 2. The maximum atomic E-state index is 12.7. The van der Waals surface area contributed by atoms with Crippen LogP contribution in [0, 0.1) is 0 Å². The lowest BCUT2D eigenvalue weighted by Crippen LogP contribution is -2.28. The molecule has 0 aliphatic carbocycles. The summed E-state index contributed by atoms with van der Waals surface area (Å²) in [4.78, 5) is 12.7. The van der Waals surface area contributed by atoms with E-state index in [0.717, 1.165) is 16.3 Å². The highest BCUT2D eigenvalue weighted by Crippen LogP contribution is 2.28. The second-order valence-corrected chi connectivity index (χ2v) is 6.16. The Bertz CT molecular complexity index is 830. The van der Waals surface area contributed by atoms with Crippen LogP contribution in [0.15, 0.2) is 53.2 Å². The molecule has 0 saturated heterocycles. The standard InChI is InChI=1S/C19H19NO3S/c1-2-23-17-8-7-13-5-3-4-6-15(13)18(17)19(22)20-11-16(21)14-9-10-24-12-14/h3-10,12,16,21H,2,11H2,1H3,(H,20,22). The number of carbonyl (C=O) groups is 1. The number of aliphatic hydroxyl groups excluding tert-OH is 1. The number of aliphatic hydroxyl groups is 1. The summed E-state index contributed by atoms with van der Waals surface area (Å²) in [5.41, 5.74) is 1.32. The van der Waals surface area contributed by atoms with Crippen molar-refractivity contribution in [1.29, 1.82) is 0 Å². The Labute approximate surface area is 144 Å². The summed E-state index contributed by atoms with van der Waals surface area (Å²) < 4.78 is 5.62. The highest BCUT2D eigenvalue weighted by atomic mass is 32.1. The quantitative estimate of drug-likeness (QED) is 0.718. The van der Waals surface area contributed by atoms with Gasteiger partial charge in [-0.15, -0.1) is 0 Å². The average molecular weight is 341 g/mol. The van der Waals surface area contributed by atoms with Gasteiger partial charge in [0, 0.05) is 6.54 Å². The number of amides is 1. The third-order valence-electron chi connectivity index (χ3n) is 3.80. The molecule has 1 atom stereocenters. The fourth-order valence-electron chi connectivity index (χ4n) is 2.62. The third kappa shape index (κ3) is 3.42. The summed E-state index contributed by atoms with van der Waals surface area (Å²) in [5.74, 6) is 0.309. The van der Waals surface area contributed by atoms with Crippen molar-refractivity contribution in [2.24, 2.45) is 0 Å². The molecule has 1 heterocycles. The van der Waals surface area contributed by atoms with Gasteiger partial charge >= 0.3 is 0 Å². The van der Waals surface area contributed by atoms with Gasteiger partial charge in [0.1, 0.15) is 5.75 Å². The van der Waals surface area contributed by atoms with E-state index in [1.807, 2.05) is 60.1 Å². The van der Waals surface area contributed by atoms with Gasteiger partial charge in [0.15, 0.2) is 0 Å². The number of benzene rings is 2. The number of ether oxygens (including phenoxy) is 1. The fourth-order valence-corrected chi connectivity index (χ4v) is 3.33. The zero-order valence-electron chi connectivity index (χ0n) is 13.4. The third-order valence-corrected chi connectivity index (χ3v) is 4.50. The van der Waals surface area contributed by atoms with Gasteiger partial charge in [0.2, 0.25) is 0 Å². The van der Waals surface area contributed by atoms with Gasteiger partial charge in [-0.05, 0) is 46.2 Å². The molecule has 1 amide bonds. The van der Waals surface area contributed by atoms with Crippen LogP contribution in [0.5, 0.6) is 5.75 Å². The molecule has 4 nitrogen and oxygen atoms in total. The van der Waals surface area contributed by atoms with Gasteiger partial charge in [-0.2, -0.15) is 11.3 Å². The van der Waals surface area contributed by atoms with Crippen molar-refractivity contribution >= 4 is 28.0 Å². The van der Waals surface area contributed by atoms with Crippen LogP contribution < -0.4 is 10.1 Å². The molecule has 0 bridgehead atoms. The molecule has 0 saturated carbocycles. The lowest BCUT2D eigenvalue weighted by molar-refractivity contribution is 0.0914. The molecule has 2 N–H and O–H groups in total. The van der Waals surface area contributed by atoms with Crippen LogP contribution in [0.25, 0.3) is 10.8 Å². The van der Waals surface area contributed by atoms with Crippen LogP contribution in [-0.2, 0) is 0 Å². The van der Waals surface area contributed by atoms with Crippen LogP contribution in [-0.4, -0.2) is 24.2 Å². The molecule has 0 aliphatic heterocycles. The number of rotatable bonds is 6. The first-order valence-corrected chi connectivity index (χ1v) is 8.78. The Balaban J connectivity index is 1.86. The number of carbonyl (C=O) groups excluding carboxylic acids is 1. The maximum absolute atomic E-state index is 12.7. The van der Waals surface area contributed by atoms with Gasteiger partial charge in [-0.1, -0.05) is 30.3 Å². The molecular weight excluding hydrogens is 322 g/mol. The number of fused-ring (bicyclic) bond motifs is 1. The van der Waals surface area contributed by atoms with Crippen LogP contribution in [0.2, 0.25) is 0 Å². The monoisotopic (exact) mass is 341 g/mol. The van der Waals surface area contributed by atoms with E-state index in [1.54, 1.807) is 0 Å². The second kappa shape index (κ2) is 7.47. The SMILES string of the molecule is CCOc1ccc2ccccc2c1C(=O)NCC(O)c1ccsc1. The Morgan fingerprint density at radius 1 is 1.25 bits per heavy atom. The van der Waals surface area contributed by atoms with Gasteiger partial charge in [0.25, 0.3) is 5.91 Å². The van der Waals surface area contributed by atoms with Gasteiger partial charge in [-0.25, -0.2) is 0 Å². The highest BCUT2D eigenvalue weighted by Gasteiger charge is 2.18. The van der Waals surface area contributed by atoms with E-state index in [-0.39, 0.29) is 12.5 Å². The molecule has 5 heteroatoms. The highest BCUT2D eigenvalue weighted by molar-refractivity contribution is 7.07. The summed E-state index contributed by atoms with van der Waals surface area (Å²) in [6.45, 7) is 2.53. The van der Waals surface area contributed by atoms with Crippen molar-refractivity contribution in [2.45, 2.75) is 13.0 Å². The van der Waals surface area contributed by atoms with E-state index in [1.165, 1.54) is 11.3 Å². The van der Waals surface area contributed by atoms with Crippen LogP contribution in [0.4, 0.5) is 0 Å². The predicted molar refractivity (Wildman–Crippen MR) is 96.7 cm³/mol. The smallest absolute Gasteiger partial charge is 0.255 e. The summed E-state index contributed by atoms with van der Waals surface area (Å²) >= 11 is 1.52. The molecule has 3 rings (SSSR count). The normalized spacial score (nSPS) is 12.1. The van der Waals surface area contributed by atoms with E-state index in [2.05, 4.69) is 5.32 Å². The Kier molecular flexibility index (Phi) is 5.13. The minimum absolute atomic E-state index is 0.157. The molecule has 0 fully saturated rings. The van der Waals surface area contributed by atoms with E-state index >= 15 is 0 Å². The van der Waals surface area contributed by atoms with Crippen molar-refractivity contribution in [3.8, 4) is 5.75 Å². The zero-order valence-corrected chi connectivity index (χ0v) is 14.2. The molecule has 1 unspecified atom stereocenters. The molecule has 1 aromatic heterocycles. The summed E-state index contributed by atoms with van der Waals surface area (Å²) in [6.07, 6.45) is -0.717. The minimum Gasteiger partial charge on any atom is -0.493 e. The Hall–Kier alpha value is -2.37. The fraction of sp³-hybridized carbons (Fsp3) is 0.211. The largest absolute Gasteiger partial charge is 0.493 e. The van der Waals surface area contributed by atoms with E-state index in [4.69, 9.17) is 4.74 Å². The molecule has 0 radical (unpaired) electrons. The number of nitrogens with one attached hydrogen (secondary N) is 1. The summed E-state index contributed by atoms with van der Waals surface area (Å²) in [6, 6.07) is 13.3. The van der Waals surface area contributed by atoms with Gasteiger partial charge in [-0.3, -0.25) is 4.79 Å². The topological polar surface area (TPSA) is 58.6 Å². The lowest BCUT2D eigenvalue weighted by atomic mass is 10.0. The van der Waals surface area contributed by atoms with Crippen LogP contribution in [0.1, 0.15) is 28.9 Å². The van der Waals surface area contributed by atoms with Crippen molar-refractivity contribution in [3.05, 3.63) is 64.4 Å². The van der Waals surface area contributed by atoms with Gasteiger partial charge in [0.05, 0.1) is 18.3 Å². The first-order valence-electron chi connectivity index (χ1n) is 7.83. The molecule has 0 aliphatic rings. The zero-order chi connectivity index (χ0) is 16.9. The van der Waals surface area contributed by atoms with Crippen molar-refractivity contribution in [1.82, 2.24) is 5.32 Å². The minimum atomic E-state index is -0.717. The molecular formula is C19H19NO3S. The predicted octanol–water partition coefficient (Wildman–Crippen LogP) is 3.76. The second-order valence-electron chi connectivity index (χ2n) is 5.38. The average Bonchev–Trinajstić information content (AvgIpc) is 3.14. The van der Waals surface area contributed by atoms with Crippen molar-refractivity contribution in [2.75, 3.05) is 13.2 Å². The van der Waals surface area contributed by atoms with E-state index < -0.39 is 6.10 Å². The molecule has 124 valence electrons. The summed E-state index contributed by atoms with van der Waals surface area (Å²) in [7, 11) is 0. The Morgan fingerprint density at radius 3 is 2.83 bits per heavy atom. The molecule has 3 aromatic rings. The molecule has 2 aromatic carbocycles. The summed E-state index contributed by atoms with van der Waals surface area (Å²) in [5, 5.41) is 18.6. The Morgan fingerprint density at radius 2 is 2.08 bits per heavy atom. The first kappa shape index (κ1) is 16.5. The number of thiophene rings is 1. The lowest BCUT2D eigenvalue weighted by Gasteiger charge is -2.15.